The summed E-state index contributed by atoms with van der Waals surface area (Å²) < 4.78 is 70.2. The minimum Gasteiger partial charge on any atom is -0.459 e. The lowest BCUT2D eigenvalue weighted by molar-refractivity contribution is 0.0200. The normalized spacial score (nSPS) is 14.0. The van der Waals surface area contributed by atoms with E-state index >= 15 is 0 Å². The largest absolute Gasteiger partial charge is 0.459 e. The van der Waals surface area contributed by atoms with Crippen molar-refractivity contribution in [3.8, 4) is 0 Å². The SMILES string of the molecule is CCC(C)C(C)OC(=O)c1c(F)c(F)c(F)c(F)c1F. The highest BCUT2D eigenvalue weighted by atomic mass is 19.2. The first-order chi connectivity index (χ1) is 9.22. The van der Waals surface area contributed by atoms with Gasteiger partial charge < -0.3 is 4.74 Å². The molecule has 0 radical (unpaired) electrons. The van der Waals surface area contributed by atoms with E-state index in [1.807, 2.05) is 0 Å². The second-order valence-corrected chi connectivity index (χ2v) is 4.44. The zero-order chi connectivity index (χ0) is 15.6. The fourth-order valence-electron chi connectivity index (χ4n) is 1.46. The van der Waals surface area contributed by atoms with E-state index < -0.39 is 46.7 Å². The maximum absolute atomic E-state index is 13.4. The average Bonchev–Trinajstić information content (AvgIpc) is 2.42. The molecule has 20 heavy (non-hydrogen) atoms. The highest BCUT2D eigenvalue weighted by Gasteiger charge is 2.31. The van der Waals surface area contributed by atoms with Gasteiger partial charge in [-0.25, -0.2) is 26.7 Å². The van der Waals surface area contributed by atoms with Crippen molar-refractivity contribution in [2.75, 3.05) is 0 Å². The van der Waals surface area contributed by atoms with Crippen molar-refractivity contribution in [3.63, 3.8) is 0 Å². The quantitative estimate of drug-likeness (QED) is 0.364. The molecule has 2 unspecified atom stereocenters. The van der Waals surface area contributed by atoms with Crippen LogP contribution < -0.4 is 0 Å². The van der Waals surface area contributed by atoms with Crippen molar-refractivity contribution >= 4 is 5.97 Å². The van der Waals surface area contributed by atoms with Gasteiger partial charge in [-0.2, -0.15) is 0 Å². The Balaban J connectivity index is 3.18. The van der Waals surface area contributed by atoms with E-state index in [1.54, 1.807) is 13.8 Å². The van der Waals surface area contributed by atoms with Crippen molar-refractivity contribution in [1.29, 1.82) is 0 Å². The Hall–Kier alpha value is -1.66. The van der Waals surface area contributed by atoms with E-state index in [1.165, 1.54) is 6.92 Å². The molecule has 0 saturated carbocycles. The van der Waals surface area contributed by atoms with Gasteiger partial charge in [0.05, 0.1) is 0 Å². The van der Waals surface area contributed by atoms with Crippen LogP contribution >= 0.6 is 0 Å². The smallest absolute Gasteiger partial charge is 0.344 e. The van der Waals surface area contributed by atoms with Gasteiger partial charge in [0.25, 0.3) is 0 Å². The van der Waals surface area contributed by atoms with Crippen molar-refractivity contribution in [1.82, 2.24) is 0 Å². The Morgan fingerprint density at radius 1 is 0.950 bits per heavy atom. The van der Waals surface area contributed by atoms with Crippen LogP contribution in [0.25, 0.3) is 0 Å². The van der Waals surface area contributed by atoms with Crippen LogP contribution in [0.5, 0.6) is 0 Å². The predicted molar refractivity (Wildman–Crippen MR) is 60.6 cm³/mol. The van der Waals surface area contributed by atoms with Gasteiger partial charge in [0.2, 0.25) is 5.82 Å². The molecule has 2 atom stereocenters. The molecule has 1 rings (SSSR count). The van der Waals surface area contributed by atoms with Gasteiger partial charge in [0, 0.05) is 0 Å². The summed E-state index contributed by atoms with van der Waals surface area (Å²) in [6.07, 6.45) is -0.103. The van der Waals surface area contributed by atoms with E-state index in [9.17, 15) is 26.7 Å². The highest BCUT2D eigenvalue weighted by molar-refractivity contribution is 5.90. The number of benzene rings is 1. The molecule has 0 spiro atoms. The van der Waals surface area contributed by atoms with Crippen LogP contribution in [0.4, 0.5) is 22.0 Å². The highest BCUT2D eigenvalue weighted by Crippen LogP contribution is 2.24. The van der Waals surface area contributed by atoms with Gasteiger partial charge in [0.1, 0.15) is 11.7 Å². The number of ether oxygens (including phenoxy) is 1. The maximum atomic E-state index is 13.4. The van der Waals surface area contributed by atoms with E-state index in [2.05, 4.69) is 0 Å². The molecular weight excluding hydrogens is 283 g/mol. The average molecular weight is 296 g/mol. The third-order valence-electron chi connectivity index (χ3n) is 3.15. The first kappa shape index (κ1) is 16.4. The summed E-state index contributed by atoms with van der Waals surface area (Å²) in [5.74, 6) is -12.7. The Kier molecular flexibility index (Phi) is 5.08. The lowest BCUT2D eigenvalue weighted by Gasteiger charge is -2.19. The fraction of sp³-hybridized carbons (Fsp3) is 0.462. The third-order valence-corrected chi connectivity index (χ3v) is 3.15. The molecule has 0 fully saturated rings. The number of rotatable bonds is 4. The van der Waals surface area contributed by atoms with Gasteiger partial charge in [0.15, 0.2) is 23.3 Å². The molecule has 0 N–H and O–H groups in total. The molecule has 0 aromatic heterocycles. The maximum Gasteiger partial charge on any atom is 0.344 e. The molecule has 0 aliphatic rings. The summed E-state index contributed by atoms with van der Waals surface area (Å²) in [6, 6.07) is 0. The van der Waals surface area contributed by atoms with Crippen molar-refractivity contribution < 1.29 is 31.5 Å². The third kappa shape index (κ3) is 2.91. The molecule has 0 heterocycles. The lowest BCUT2D eigenvalue weighted by Crippen LogP contribution is -2.24. The van der Waals surface area contributed by atoms with Gasteiger partial charge in [-0.15, -0.1) is 0 Å². The summed E-state index contributed by atoms with van der Waals surface area (Å²) >= 11 is 0. The second-order valence-electron chi connectivity index (χ2n) is 4.44. The van der Waals surface area contributed by atoms with Crippen LogP contribution in [0.3, 0.4) is 0 Å². The van der Waals surface area contributed by atoms with E-state index in [0.717, 1.165) is 0 Å². The molecule has 1 aromatic carbocycles. The number of hydrogen-bond donors (Lipinski definition) is 0. The Bertz CT molecular complexity index is 501. The van der Waals surface area contributed by atoms with Crippen LogP contribution in [-0.2, 0) is 4.74 Å². The molecule has 0 aliphatic heterocycles. The summed E-state index contributed by atoms with van der Waals surface area (Å²) in [5.41, 5.74) is -1.57. The number of carbonyl (C=O) groups is 1. The van der Waals surface area contributed by atoms with Gasteiger partial charge in [-0.05, 0) is 12.8 Å². The predicted octanol–water partition coefficient (Wildman–Crippen LogP) is 3.97. The first-order valence-corrected chi connectivity index (χ1v) is 5.94. The summed E-state index contributed by atoms with van der Waals surface area (Å²) in [4.78, 5) is 11.6. The minimum atomic E-state index is -2.31. The van der Waals surface area contributed by atoms with Crippen molar-refractivity contribution in [2.45, 2.75) is 33.3 Å². The Morgan fingerprint density at radius 2 is 1.35 bits per heavy atom. The zero-order valence-corrected chi connectivity index (χ0v) is 11.1. The molecule has 0 saturated heterocycles. The van der Waals surface area contributed by atoms with E-state index in [-0.39, 0.29) is 5.92 Å². The molecule has 7 heteroatoms. The molecule has 1 aromatic rings. The van der Waals surface area contributed by atoms with Crippen molar-refractivity contribution in [3.05, 3.63) is 34.6 Å². The van der Waals surface area contributed by atoms with Crippen molar-refractivity contribution in [2.24, 2.45) is 5.92 Å². The molecular formula is C13H13F5O2. The fourth-order valence-corrected chi connectivity index (χ4v) is 1.46. The van der Waals surface area contributed by atoms with Gasteiger partial charge in [-0.3, -0.25) is 0 Å². The van der Waals surface area contributed by atoms with Gasteiger partial charge >= 0.3 is 5.97 Å². The molecule has 0 bridgehead atoms. The Morgan fingerprint density at radius 3 is 1.75 bits per heavy atom. The second kappa shape index (κ2) is 6.19. The Labute approximate surface area is 112 Å². The molecule has 112 valence electrons. The van der Waals surface area contributed by atoms with Gasteiger partial charge in [-0.1, -0.05) is 20.3 Å². The summed E-state index contributed by atoms with van der Waals surface area (Å²) in [6.45, 7) is 4.99. The van der Waals surface area contributed by atoms with E-state index in [0.29, 0.717) is 6.42 Å². The van der Waals surface area contributed by atoms with Crippen LogP contribution in [0.1, 0.15) is 37.6 Å². The number of hydrogen-bond acceptors (Lipinski definition) is 2. The molecule has 0 amide bonds. The number of esters is 1. The summed E-state index contributed by atoms with van der Waals surface area (Å²) in [5, 5.41) is 0. The van der Waals surface area contributed by atoms with Crippen LogP contribution in [0, 0.1) is 35.0 Å². The summed E-state index contributed by atoms with van der Waals surface area (Å²) in [7, 11) is 0. The first-order valence-electron chi connectivity index (χ1n) is 5.94. The monoisotopic (exact) mass is 296 g/mol. The number of carbonyl (C=O) groups excluding carboxylic acids is 1. The standard InChI is InChI=1S/C13H13F5O2/c1-4-5(2)6(3)20-13(19)7-8(14)10(16)12(18)11(17)9(7)15/h5-6H,4H2,1-3H3. The lowest BCUT2D eigenvalue weighted by atomic mass is 10.0. The molecule has 0 aliphatic carbocycles. The molecule has 2 nitrogen and oxygen atoms in total. The van der Waals surface area contributed by atoms with Crippen LogP contribution in [0.15, 0.2) is 0 Å². The van der Waals surface area contributed by atoms with E-state index in [4.69, 9.17) is 4.74 Å². The van der Waals surface area contributed by atoms with Crippen LogP contribution in [0.2, 0.25) is 0 Å². The number of halogens is 5. The zero-order valence-electron chi connectivity index (χ0n) is 11.1. The topological polar surface area (TPSA) is 26.3 Å². The van der Waals surface area contributed by atoms with Crippen LogP contribution in [-0.4, -0.2) is 12.1 Å². The minimum absolute atomic E-state index is 0.125.